The predicted octanol–water partition coefficient (Wildman–Crippen LogP) is 10.3. The summed E-state index contributed by atoms with van der Waals surface area (Å²) in [5.41, 5.74) is 9.74. The molecule has 0 radical (unpaired) electrons. The van der Waals surface area contributed by atoms with E-state index in [9.17, 15) is 4.79 Å². The molecule has 3 aromatic rings. The van der Waals surface area contributed by atoms with Crippen molar-refractivity contribution in [2.24, 2.45) is 5.92 Å². The first-order valence-corrected chi connectivity index (χ1v) is 15.3. The van der Waals surface area contributed by atoms with Crippen molar-refractivity contribution in [3.05, 3.63) is 87.9 Å². The van der Waals surface area contributed by atoms with Crippen LogP contribution in [0.25, 0.3) is 17.3 Å². The van der Waals surface area contributed by atoms with Gasteiger partial charge >= 0.3 is 0 Å². The maximum absolute atomic E-state index is 12.9. The fraction of sp³-hybridized carbons (Fsp3) is 0.472. The van der Waals surface area contributed by atoms with Gasteiger partial charge in [0.25, 0.3) is 0 Å². The summed E-state index contributed by atoms with van der Waals surface area (Å²) in [6.45, 7) is 10.6. The Kier molecular flexibility index (Phi) is 10.3. The number of fused-ring (bicyclic) bond motifs is 1. The third-order valence-electron chi connectivity index (χ3n) is 8.38. The molecule has 3 heteroatoms. The van der Waals surface area contributed by atoms with Gasteiger partial charge in [0.15, 0.2) is 5.78 Å². The van der Waals surface area contributed by atoms with Crippen LogP contribution in [-0.4, -0.2) is 15.8 Å². The summed E-state index contributed by atoms with van der Waals surface area (Å²) >= 11 is 0. The lowest BCUT2D eigenvalue weighted by Gasteiger charge is -2.30. The molecule has 0 unspecified atom stereocenters. The number of allylic oxidation sites excluding steroid dienone is 1. The van der Waals surface area contributed by atoms with Crippen LogP contribution in [0.4, 0.5) is 0 Å². The van der Waals surface area contributed by atoms with Gasteiger partial charge in [-0.25, -0.2) is 0 Å². The van der Waals surface area contributed by atoms with Crippen LogP contribution in [0.1, 0.15) is 131 Å². The number of ketones is 1. The fourth-order valence-corrected chi connectivity index (χ4v) is 6.38. The number of unbranched alkanes of at least 4 members (excludes halogenated alkanes) is 2. The van der Waals surface area contributed by atoms with Gasteiger partial charge in [0.2, 0.25) is 0 Å². The van der Waals surface area contributed by atoms with Gasteiger partial charge in [0, 0.05) is 39.2 Å². The third kappa shape index (κ3) is 7.12. The standard InChI is InChI=1S/C34H40N2O.C2H6.2H2/c1-4-5-6-8-25-11-14-27(15-12-25)30-16-13-26(18-24(30)3)19-32-34-28(9-7-10-33(34)37)20-31(36-32)29-17-23(2)21-35-22-29;1-2;;/h7,9,13,16-18,20-22,25,27H,4-6,8,10-12,14-15,19H2,1-3H3;1-2H3;2*1H. The molecule has 0 spiro atoms. The molecule has 0 N–H and O–H groups in total. The highest BCUT2D eigenvalue weighted by Gasteiger charge is 2.24. The minimum Gasteiger partial charge on any atom is -0.294 e. The van der Waals surface area contributed by atoms with Crippen LogP contribution < -0.4 is 0 Å². The topological polar surface area (TPSA) is 42.9 Å². The first kappa shape index (κ1) is 28.9. The number of carbonyl (C=O) groups is 1. The molecule has 2 aromatic heterocycles. The predicted molar refractivity (Wildman–Crippen MR) is 169 cm³/mol. The van der Waals surface area contributed by atoms with E-state index < -0.39 is 0 Å². The molecule has 2 aliphatic rings. The molecule has 0 aliphatic heterocycles. The van der Waals surface area contributed by atoms with Crippen molar-refractivity contribution in [1.29, 1.82) is 0 Å². The highest BCUT2D eigenvalue weighted by molar-refractivity contribution is 6.04. The largest absolute Gasteiger partial charge is 0.294 e. The second-order valence-electron chi connectivity index (χ2n) is 11.3. The van der Waals surface area contributed by atoms with Gasteiger partial charge in [-0.2, -0.15) is 0 Å². The monoisotopic (exact) mass is 526 g/mol. The van der Waals surface area contributed by atoms with Gasteiger partial charge in [-0.15, -0.1) is 0 Å². The third-order valence-corrected chi connectivity index (χ3v) is 8.38. The smallest absolute Gasteiger partial charge is 0.169 e. The Bertz CT molecular complexity index is 1310. The molecular formula is C36H50N2O. The summed E-state index contributed by atoms with van der Waals surface area (Å²) in [6, 6.07) is 11.1. The molecule has 2 heterocycles. The minimum atomic E-state index is 0. The maximum Gasteiger partial charge on any atom is 0.169 e. The van der Waals surface area contributed by atoms with Crippen LogP contribution in [0.5, 0.6) is 0 Å². The molecule has 210 valence electrons. The molecule has 1 fully saturated rings. The average Bonchev–Trinajstić information content (AvgIpc) is 2.95. The number of aromatic nitrogens is 2. The Morgan fingerprint density at radius 2 is 1.77 bits per heavy atom. The number of pyridine rings is 2. The Labute approximate surface area is 239 Å². The Morgan fingerprint density at radius 1 is 0.974 bits per heavy atom. The summed E-state index contributed by atoms with van der Waals surface area (Å²) in [7, 11) is 0. The van der Waals surface area contributed by atoms with E-state index in [1.165, 1.54) is 68.1 Å². The zero-order valence-corrected chi connectivity index (χ0v) is 24.7. The van der Waals surface area contributed by atoms with Gasteiger partial charge in [0.05, 0.1) is 11.4 Å². The average molecular weight is 527 g/mol. The van der Waals surface area contributed by atoms with Crippen molar-refractivity contribution in [3.8, 4) is 11.3 Å². The van der Waals surface area contributed by atoms with Crippen LogP contribution in [0.15, 0.2) is 48.8 Å². The van der Waals surface area contributed by atoms with Gasteiger partial charge in [-0.05, 0) is 91.3 Å². The molecule has 0 atom stereocenters. The van der Waals surface area contributed by atoms with Crippen molar-refractivity contribution in [3.63, 3.8) is 0 Å². The molecule has 1 saturated carbocycles. The van der Waals surface area contributed by atoms with E-state index >= 15 is 0 Å². The number of hydrogen-bond donors (Lipinski definition) is 0. The highest BCUT2D eigenvalue weighted by atomic mass is 16.1. The lowest BCUT2D eigenvalue weighted by Crippen LogP contribution is -2.14. The highest BCUT2D eigenvalue weighted by Crippen LogP contribution is 2.39. The van der Waals surface area contributed by atoms with Gasteiger partial charge in [0.1, 0.15) is 0 Å². The Hall–Kier alpha value is -3.07. The molecule has 0 bridgehead atoms. The van der Waals surface area contributed by atoms with Crippen LogP contribution in [0.3, 0.4) is 0 Å². The number of rotatable bonds is 8. The van der Waals surface area contributed by atoms with E-state index in [4.69, 9.17) is 4.98 Å². The Morgan fingerprint density at radius 3 is 2.49 bits per heavy atom. The number of hydrogen-bond acceptors (Lipinski definition) is 3. The van der Waals surface area contributed by atoms with Crippen LogP contribution in [-0.2, 0) is 6.42 Å². The molecule has 5 rings (SSSR count). The summed E-state index contributed by atoms with van der Waals surface area (Å²) in [5.74, 6) is 1.78. The van der Waals surface area contributed by atoms with E-state index in [0.717, 1.165) is 39.6 Å². The lowest BCUT2D eigenvalue weighted by molar-refractivity contribution is 0.0993. The van der Waals surface area contributed by atoms with Crippen molar-refractivity contribution in [2.45, 2.75) is 105 Å². The zero-order chi connectivity index (χ0) is 27.8. The van der Waals surface area contributed by atoms with Crippen molar-refractivity contribution in [2.75, 3.05) is 0 Å². The van der Waals surface area contributed by atoms with Crippen molar-refractivity contribution < 1.29 is 7.65 Å². The van der Waals surface area contributed by atoms with Gasteiger partial charge < -0.3 is 0 Å². The number of nitrogens with zero attached hydrogens (tertiary/aromatic N) is 2. The molecule has 2 aliphatic carbocycles. The number of Topliss-reactive ketones (excluding diaryl/α,β-unsaturated/α-hetero) is 1. The SMILES string of the molecule is CC.CCCCCC1CCC(c2ccc(Cc3nc(-c4cncc(C)c4)cc4c3C(=O)CC=C4)cc2C)CC1.[HH].[HH]. The fourth-order valence-electron chi connectivity index (χ4n) is 6.38. The van der Waals surface area contributed by atoms with Crippen LogP contribution >= 0.6 is 0 Å². The summed E-state index contributed by atoms with van der Waals surface area (Å²) in [4.78, 5) is 22.3. The molecular weight excluding hydrogens is 476 g/mol. The molecule has 3 nitrogen and oxygen atoms in total. The quantitative estimate of drug-likeness (QED) is 0.274. The van der Waals surface area contributed by atoms with Gasteiger partial charge in [-0.1, -0.05) is 76.8 Å². The summed E-state index contributed by atoms with van der Waals surface area (Å²) < 4.78 is 0. The minimum absolute atomic E-state index is 0. The van der Waals surface area contributed by atoms with Gasteiger partial charge in [-0.3, -0.25) is 14.8 Å². The maximum atomic E-state index is 12.9. The first-order chi connectivity index (χ1) is 19.0. The lowest BCUT2D eigenvalue weighted by atomic mass is 9.76. The van der Waals surface area contributed by atoms with Crippen LogP contribution in [0.2, 0.25) is 0 Å². The summed E-state index contributed by atoms with van der Waals surface area (Å²) in [5, 5.41) is 0. The number of benzene rings is 1. The van der Waals surface area contributed by atoms with Crippen molar-refractivity contribution >= 4 is 11.9 Å². The van der Waals surface area contributed by atoms with Crippen LogP contribution in [0, 0.1) is 19.8 Å². The number of aryl methyl sites for hydroxylation is 2. The van der Waals surface area contributed by atoms with E-state index in [-0.39, 0.29) is 8.64 Å². The first-order valence-electron chi connectivity index (χ1n) is 15.3. The number of carbonyl (C=O) groups excluding carboxylic acids is 1. The van der Waals surface area contributed by atoms with E-state index in [0.29, 0.717) is 18.8 Å². The molecule has 39 heavy (non-hydrogen) atoms. The van der Waals surface area contributed by atoms with Crippen molar-refractivity contribution in [1.82, 2.24) is 9.97 Å². The second kappa shape index (κ2) is 13.8. The molecule has 0 amide bonds. The Balaban J connectivity index is 0.00000144. The summed E-state index contributed by atoms with van der Waals surface area (Å²) in [6.07, 6.45) is 19.8. The normalized spacial score (nSPS) is 18.3. The zero-order valence-electron chi connectivity index (χ0n) is 24.7. The van der Waals surface area contributed by atoms with E-state index in [2.05, 4.69) is 49.2 Å². The second-order valence-corrected chi connectivity index (χ2v) is 11.3. The molecule has 1 aromatic carbocycles. The molecule has 0 saturated heterocycles. The van der Waals surface area contributed by atoms with E-state index in [1.54, 1.807) is 0 Å². The van der Waals surface area contributed by atoms with E-state index in [1.807, 2.05) is 45.3 Å².